The molecule has 2 aromatic carbocycles. The zero-order chi connectivity index (χ0) is 20.6. The van der Waals surface area contributed by atoms with Gasteiger partial charge in [0.1, 0.15) is 17.3 Å². The van der Waals surface area contributed by atoms with Crippen LogP contribution in [-0.4, -0.2) is 23.3 Å². The summed E-state index contributed by atoms with van der Waals surface area (Å²) in [7, 11) is 0. The number of aromatic nitrogens is 1. The first-order valence-electron chi connectivity index (χ1n) is 9.02. The van der Waals surface area contributed by atoms with Crippen molar-refractivity contribution in [3.8, 4) is 0 Å². The van der Waals surface area contributed by atoms with Gasteiger partial charge in [0.05, 0.1) is 0 Å². The van der Waals surface area contributed by atoms with Crippen LogP contribution in [0.25, 0.3) is 0 Å². The molecule has 0 aliphatic rings. The topological polar surface area (TPSA) is 71.1 Å². The van der Waals surface area contributed by atoms with Crippen LogP contribution in [0.1, 0.15) is 32.0 Å². The van der Waals surface area contributed by atoms with E-state index in [0.29, 0.717) is 18.5 Å². The average Bonchev–Trinajstić information content (AvgIpc) is 2.74. The molecular formula is C22H19F2N3O2. The Morgan fingerprint density at radius 3 is 2.07 bits per heavy atom. The van der Waals surface area contributed by atoms with Crippen molar-refractivity contribution in [3.63, 3.8) is 0 Å². The van der Waals surface area contributed by atoms with E-state index in [1.165, 1.54) is 42.6 Å². The maximum Gasteiger partial charge on any atom is 0.270 e. The van der Waals surface area contributed by atoms with Crippen molar-refractivity contribution >= 4 is 11.8 Å². The molecular weight excluding hydrogens is 376 g/mol. The fourth-order valence-corrected chi connectivity index (χ4v) is 2.64. The number of halogens is 2. The van der Waals surface area contributed by atoms with E-state index < -0.39 is 5.91 Å². The Morgan fingerprint density at radius 2 is 1.41 bits per heavy atom. The fourth-order valence-electron chi connectivity index (χ4n) is 2.64. The molecule has 0 aliphatic heterocycles. The highest BCUT2D eigenvalue weighted by Gasteiger charge is 2.11. The molecule has 5 nitrogen and oxygen atoms in total. The number of benzene rings is 2. The number of hydrogen-bond acceptors (Lipinski definition) is 3. The standard InChI is InChI=1S/C22H19F2N3O2/c23-18-5-1-15(2-6-18)9-11-26-21(28)17-10-12-25-20(13-17)22(29)27-14-16-3-7-19(24)8-4-16/h1-8,10,12-13H,9,11,14H2,(H,26,28)(H,27,29). The van der Waals surface area contributed by atoms with Crippen molar-refractivity contribution in [1.82, 2.24) is 15.6 Å². The summed E-state index contributed by atoms with van der Waals surface area (Å²) in [5, 5.41) is 5.45. The third-order valence-electron chi connectivity index (χ3n) is 4.23. The van der Waals surface area contributed by atoms with E-state index in [-0.39, 0.29) is 29.8 Å². The van der Waals surface area contributed by atoms with E-state index >= 15 is 0 Å². The Morgan fingerprint density at radius 1 is 0.793 bits per heavy atom. The van der Waals surface area contributed by atoms with Crippen molar-refractivity contribution < 1.29 is 18.4 Å². The molecule has 0 aliphatic carbocycles. The van der Waals surface area contributed by atoms with Gasteiger partial charge in [0.25, 0.3) is 11.8 Å². The van der Waals surface area contributed by atoms with Crippen molar-refractivity contribution in [3.05, 3.63) is 101 Å². The van der Waals surface area contributed by atoms with Crippen molar-refractivity contribution in [2.24, 2.45) is 0 Å². The molecule has 0 spiro atoms. The molecule has 3 aromatic rings. The maximum atomic E-state index is 12.9. The van der Waals surface area contributed by atoms with Crippen molar-refractivity contribution in [2.45, 2.75) is 13.0 Å². The van der Waals surface area contributed by atoms with Crippen molar-refractivity contribution in [2.75, 3.05) is 6.54 Å². The van der Waals surface area contributed by atoms with Gasteiger partial charge < -0.3 is 10.6 Å². The summed E-state index contributed by atoms with van der Waals surface area (Å²) in [6.07, 6.45) is 1.95. The summed E-state index contributed by atoms with van der Waals surface area (Å²) in [5.74, 6) is -1.42. The number of nitrogens with zero attached hydrogens (tertiary/aromatic N) is 1. The predicted molar refractivity (Wildman–Crippen MR) is 104 cm³/mol. The molecule has 0 atom stereocenters. The van der Waals surface area contributed by atoms with Gasteiger partial charge in [-0.05, 0) is 53.9 Å². The molecule has 29 heavy (non-hydrogen) atoms. The molecule has 7 heteroatoms. The molecule has 0 saturated carbocycles. The lowest BCUT2D eigenvalue weighted by molar-refractivity contribution is 0.0946. The predicted octanol–water partition coefficient (Wildman–Crippen LogP) is 3.26. The smallest absolute Gasteiger partial charge is 0.270 e. The minimum atomic E-state index is -0.435. The lowest BCUT2D eigenvalue weighted by Crippen LogP contribution is -2.27. The minimum absolute atomic E-state index is 0.110. The third-order valence-corrected chi connectivity index (χ3v) is 4.23. The highest BCUT2D eigenvalue weighted by atomic mass is 19.1. The van der Waals surface area contributed by atoms with Crippen LogP contribution in [0.5, 0.6) is 0 Å². The molecule has 3 rings (SSSR count). The zero-order valence-corrected chi connectivity index (χ0v) is 15.5. The first-order chi connectivity index (χ1) is 14.0. The summed E-state index contributed by atoms with van der Waals surface area (Å²) in [6.45, 7) is 0.591. The molecule has 2 amide bonds. The van der Waals surface area contributed by atoms with Crippen LogP contribution in [0.3, 0.4) is 0 Å². The highest BCUT2D eigenvalue weighted by molar-refractivity contribution is 5.98. The molecule has 0 bridgehead atoms. The van der Waals surface area contributed by atoms with Gasteiger partial charge >= 0.3 is 0 Å². The van der Waals surface area contributed by atoms with Crippen LogP contribution >= 0.6 is 0 Å². The van der Waals surface area contributed by atoms with Gasteiger partial charge in [0, 0.05) is 24.8 Å². The van der Waals surface area contributed by atoms with E-state index in [9.17, 15) is 18.4 Å². The summed E-state index contributed by atoms with van der Waals surface area (Å²) in [6, 6.07) is 14.8. The van der Waals surface area contributed by atoms with Crippen LogP contribution < -0.4 is 10.6 Å². The molecule has 1 heterocycles. The zero-order valence-electron chi connectivity index (χ0n) is 15.5. The summed E-state index contributed by atoms with van der Waals surface area (Å²) in [5.41, 5.74) is 2.07. The van der Waals surface area contributed by atoms with E-state index in [2.05, 4.69) is 15.6 Å². The van der Waals surface area contributed by atoms with E-state index in [1.807, 2.05) is 0 Å². The Bertz CT molecular complexity index is 990. The van der Waals surface area contributed by atoms with Gasteiger partial charge in [-0.3, -0.25) is 14.6 Å². The highest BCUT2D eigenvalue weighted by Crippen LogP contribution is 2.06. The molecule has 0 fully saturated rings. The third kappa shape index (κ3) is 5.93. The SMILES string of the molecule is O=C(NCCc1ccc(F)cc1)c1ccnc(C(=O)NCc2ccc(F)cc2)c1. The van der Waals surface area contributed by atoms with Crippen molar-refractivity contribution in [1.29, 1.82) is 0 Å². The fraction of sp³-hybridized carbons (Fsp3) is 0.136. The van der Waals surface area contributed by atoms with Gasteiger partial charge in [-0.25, -0.2) is 8.78 Å². The summed E-state index contributed by atoms with van der Waals surface area (Å²) >= 11 is 0. The lowest BCUT2D eigenvalue weighted by atomic mass is 10.1. The quantitative estimate of drug-likeness (QED) is 0.645. The largest absolute Gasteiger partial charge is 0.352 e. The summed E-state index contributed by atoms with van der Waals surface area (Å²) in [4.78, 5) is 28.6. The molecule has 0 unspecified atom stereocenters. The van der Waals surface area contributed by atoms with Gasteiger partial charge in [0.2, 0.25) is 0 Å². The van der Waals surface area contributed by atoms with E-state index in [0.717, 1.165) is 11.1 Å². The number of carbonyl (C=O) groups is 2. The molecule has 2 N–H and O–H groups in total. The molecule has 148 valence electrons. The average molecular weight is 395 g/mol. The van der Waals surface area contributed by atoms with Crippen LogP contribution in [0.15, 0.2) is 66.9 Å². The Labute approximate surface area is 166 Å². The lowest BCUT2D eigenvalue weighted by Gasteiger charge is -2.08. The number of nitrogens with one attached hydrogen (secondary N) is 2. The number of hydrogen-bond donors (Lipinski definition) is 2. The van der Waals surface area contributed by atoms with Crippen LogP contribution in [-0.2, 0) is 13.0 Å². The van der Waals surface area contributed by atoms with E-state index in [1.54, 1.807) is 24.3 Å². The number of amides is 2. The number of pyridine rings is 1. The second-order valence-electron chi connectivity index (χ2n) is 6.37. The Hall–Kier alpha value is -3.61. The second kappa shape index (κ2) is 9.54. The number of carbonyl (C=O) groups excluding carboxylic acids is 2. The second-order valence-corrected chi connectivity index (χ2v) is 6.37. The maximum absolute atomic E-state index is 12.9. The van der Waals surface area contributed by atoms with Crippen LogP contribution in [0, 0.1) is 11.6 Å². The van der Waals surface area contributed by atoms with Gasteiger partial charge in [-0.15, -0.1) is 0 Å². The first-order valence-corrected chi connectivity index (χ1v) is 9.02. The van der Waals surface area contributed by atoms with Gasteiger partial charge in [-0.1, -0.05) is 24.3 Å². The summed E-state index contributed by atoms with van der Waals surface area (Å²) < 4.78 is 25.8. The molecule has 1 aromatic heterocycles. The monoisotopic (exact) mass is 395 g/mol. The van der Waals surface area contributed by atoms with Crippen LogP contribution in [0.4, 0.5) is 8.78 Å². The van der Waals surface area contributed by atoms with Gasteiger partial charge in [0.15, 0.2) is 0 Å². The number of rotatable bonds is 7. The Balaban J connectivity index is 1.53. The normalized spacial score (nSPS) is 10.4. The minimum Gasteiger partial charge on any atom is -0.352 e. The van der Waals surface area contributed by atoms with Gasteiger partial charge in [-0.2, -0.15) is 0 Å². The molecule has 0 saturated heterocycles. The molecule has 0 radical (unpaired) electrons. The Kier molecular flexibility index (Phi) is 6.63. The van der Waals surface area contributed by atoms with E-state index in [4.69, 9.17) is 0 Å². The van der Waals surface area contributed by atoms with Crippen LogP contribution in [0.2, 0.25) is 0 Å². The first kappa shape index (κ1) is 20.1.